The molecule has 0 aliphatic rings. The van der Waals surface area contributed by atoms with Crippen LogP contribution in [0.5, 0.6) is 0 Å². The minimum absolute atomic E-state index is 0.146. The van der Waals surface area contributed by atoms with Crippen molar-refractivity contribution in [1.82, 2.24) is 5.32 Å². The van der Waals surface area contributed by atoms with Crippen LogP contribution in [-0.2, 0) is 30.4 Å². The first-order valence-corrected chi connectivity index (χ1v) is 9.56. The van der Waals surface area contributed by atoms with Gasteiger partial charge in [-0.05, 0) is 45.9 Å². The second-order valence-corrected chi connectivity index (χ2v) is 7.91. The molecule has 0 bridgehead atoms. The van der Waals surface area contributed by atoms with Crippen molar-refractivity contribution in [2.75, 3.05) is 25.0 Å². The van der Waals surface area contributed by atoms with Crippen LogP contribution >= 0.6 is 11.6 Å². The molecule has 1 aromatic rings. The molecule has 0 aromatic heterocycles. The summed E-state index contributed by atoms with van der Waals surface area (Å²) in [4.78, 5) is 36.9. The Labute approximate surface area is 180 Å². The molecule has 0 saturated carbocycles. The molecule has 1 N–H and O–H groups in total. The van der Waals surface area contributed by atoms with Crippen molar-refractivity contribution in [2.24, 2.45) is 0 Å². The standard InChI is InChI=1S/C20H26ClN3O6/c1-13(21)29-19(27)24(5)16-7-6-14(9-22)8-15(16)12-28-17(25)10-23-11-18(26)30-20(2,3)4/h6-8,13,23H,10-12H2,1-5H3. The number of nitrogens with one attached hydrogen (secondary N) is 1. The molecule has 0 aliphatic heterocycles. The summed E-state index contributed by atoms with van der Waals surface area (Å²) in [5.41, 5.74) is -0.284. The Hall–Kier alpha value is -2.83. The number of rotatable bonds is 8. The number of carbonyl (C=O) groups excluding carboxylic acids is 3. The molecule has 0 saturated heterocycles. The number of hydrogen-bond acceptors (Lipinski definition) is 8. The van der Waals surface area contributed by atoms with Crippen molar-refractivity contribution in [3.8, 4) is 6.07 Å². The van der Waals surface area contributed by atoms with Crippen LogP contribution < -0.4 is 10.2 Å². The van der Waals surface area contributed by atoms with Gasteiger partial charge in [-0.1, -0.05) is 11.6 Å². The predicted octanol–water partition coefficient (Wildman–Crippen LogP) is 2.69. The van der Waals surface area contributed by atoms with E-state index in [1.165, 1.54) is 31.0 Å². The van der Waals surface area contributed by atoms with E-state index in [0.717, 1.165) is 0 Å². The van der Waals surface area contributed by atoms with Crippen molar-refractivity contribution in [2.45, 2.75) is 45.5 Å². The van der Waals surface area contributed by atoms with E-state index < -0.39 is 29.2 Å². The van der Waals surface area contributed by atoms with Gasteiger partial charge in [-0.2, -0.15) is 5.26 Å². The van der Waals surface area contributed by atoms with E-state index in [0.29, 0.717) is 16.8 Å². The Morgan fingerprint density at radius 1 is 1.23 bits per heavy atom. The maximum atomic E-state index is 12.1. The van der Waals surface area contributed by atoms with Gasteiger partial charge in [0.1, 0.15) is 12.2 Å². The molecule has 1 amide bonds. The van der Waals surface area contributed by atoms with Crippen LogP contribution in [0.1, 0.15) is 38.8 Å². The van der Waals surface area contributed by atoms with Gasteiger partial charge in [0.15, 0.2) is 5.56 Å². The first-order valence-electron chi connectivity index (χ1n) is 9.12. The molecule has 10 heteroatoms. The number of nitrogens with zero attached hydrogens (tertiary/aromatic N) is 2. The smallest absolute Gasteiger partial charge is 0.415 e. The SMILES string of the molecule is CC(Cl)OC(=O)N(C)c1ccc(C#N)cc1COC(=O)CNCC(=O)OC(C)(C)C. The van der Waals surface area contributed by atoms with Crippen molar-refractivity contribution in [3.63, 3.8) is 0 Å². The number of amides is 1. The second kappa shape index (κ2) is 11.4. The molecule has 164 valence electrons. The molecule has 9 nitrogen and oxygen atoms in total. The lowest BCUT2D eigenvalue weighted by Crippen LogP contribution is -2.34. The van der Waals surface area contributed by atoms with Crippen LogP contribution in [0.2, 0.25) is 0 Å². The number of benzene rings is 1. The molecule has 0 spiro atoms. The lowest BCUT2D eigenvalue weighted by Gasteiger charge is -2.21. The Morgan fingerprint density at radius 2 is 1.87 bits per heavy atom. The summed E-state index contributed by atoms with van der Waals surface area (Å²) in [7, 11) is 1.47. The second-order valence-electron chi connectivity index (χ2n) is 7.29. The van der Waals surface area contributed by atoms with Gasteiger partial charge in [0.05, 0.1) is 30.4 Å². The van der Waals surface area contributed by atoms with Gasteiger partial charge >= 0.3 is 18.0 Å². The fourth-order valence-corrected chi connectivity index (χ4v) is 2.34. The largest absolute Gasteiger partial charge is 0.460 e. The Morgan fingerprint density at radius 3 is 2.43 bits per heavy atom. The fourth-order valence-electron chi connectivity index (χ4n) is 2.27. The molecule has 0 heterocycles. The highest BCUT2D eigenvalue weighted by Gasteiger charge is 2.19. The highest BCUT2D eigenvalue weighted by atomic mass is 35.5. The zero-order chi connectivity index (χ0) is 22.9. The highest BCUT2D eigenvalue weighted by molar-refractivity contribution is 6.20. The van der Waals surface area contributed by atoms with Gasteiger partial charge < -0.3 is 14.2 Å². The topological polar surface area (TPSA) is 118 Å². The van der Waals surface area contributed by atoms with Crippen LogP contribution in [0, 0.1) is 11.3 Å². The lowest BCUT2D eigenvalue weighted by atomic mass is 10.1. The molecule has 1 unspecified atom stereocenters. The zero-order valence-corrected chi connectivity index (χ0v) is 18.4. The highest BCUT2D eigenvalue weighted by Crippen LogP contribution is 2.23. The minimum atomic E-state index is -0.823. The lowest BCUT2D eigenvalue weighted by molar-refractivity contribution is -0.153. The van der Waals surface area contributed by atoms with Crippen LogP contribution in [0.3, 0.4) is 0 Å². The van der Waals surface area contributed by atoms with E-state index in [2.05, 4.69) is 5.32 Å². The number of ether oxygens (including phenoxy) is 3. The maximum Gasteiger partial charge on any atom is 0.415 e. The summed E-state index contributed by atoms with van der Waals surface area (Å²) >= 11 is 5.68. The third-order valence-corrected chi connectivity index (χ3v) is 3.54. The molecule has 30 heavy (non-hydrogen) atoms. The molecule has 0 radical (unpaired) electrons. The molecule has 0 fully saturated rings. The van der Waals surface area contributed by atoms with E-state index in [9.17, 15) is 14.4 Å². The predicted molar refractivity (Wildman–Crippen MR) is 110 cm³/mol. The molecular formula is C20H26ClN3O6. The third kappa shape index (κ3) is 9.11. The fraction of sp³-hybridized carbons (Fsp3) is 0.500. The van der Waals surface area contributed by atoms with Crippen molar-refractivity contribution < 1.29 is 28.6 Å². The van der Waals surface area contributed by atoms with Crippen LogP contribution in [-0.4, -0.2) is 49.3 Å². The van der Waals surface area contributed by atoms with E-state index in [1.54, 1.807) is 26.8 Å². The van der Waals surface area contributed by atoms with E-state index >= 15 is 0 Å². The molecule has 1 rings (SSSR count). The van der Waals surface area contributed by atoms with Crippen LogP contribution in [0.25, 0.3) is 0 Å². The molecular weight excluding hydrogens is 414 g/mol. The summed E-state index contributed by atoms with van der Waals surface area (Å²) in [5, 5.41) is 11.8. The van der Waals surface area contributed by atoms with E-state index in [1.807, 2.05) is 6.07 Å². The van der Waals surface area contributed by atoms with E-state index in [-0.39, 0.29) is 19.7 Å². The average Bonchev–Trinajstić information content (AvgIpc) is 2.63. The van der Waals surface area contributed by atoms with E-state index in [4.69, 9.17) is 31.1 Å². The first kappa shape index (κ1) is 25.2. The number of alkyl halides is 1. The number of anilines is 1. The Balaban J connectivity index is 2.71. The summed E-state index contributed by atoms with van der Waals surface area (Å²) in [6.45, 7) is 6.18. The number of hydrogen-bond donors (Lipinski definition) is 1. The first-order chi connectivity index (χ1) is 13.9. The monoisotopic (exact) mass is 439 g/mol. The normalized spacial score (nSPS) is 11.8. The molecule has 1 aromatic carbocycles. The number of halogens is 1. The zero-order valence-electron chi connectivity index (χ0n) is 17.7. The summed E-state index contributed by atoms with van der Waals surface area (Å²) in [5.74, 6) is -1.11. The Bertz CT molecular complexity index is 814. The summed E-state index contributed by atoms with van der Waals surface area (Å²) in [6, 6.07) is 6.56. The minimum Gasteiger partial charge on any atom is -0.460 e. The molecule has 0 aliphatic carbocycles. The van der Waals surface area contributed by atoms with Crippen molar-refractivity contribution in [3.05, 3.63) is 29.3 Å². The van der Waals surface area contributed by atoms with Crippen LogP contribution in [0.4, 0.5) is 10.5 Å². The maximum absolute atomic E-state index is 12.1. The average molecular weight is 440 g/mol. The van der Waals surface area contributed by atoms with Gasteiger partial charge in [0.2, 0.25) is 0 Å². The van der Waals surface area contributed by atoms with Gasteiger partial charge in [-0.15, -0.1) is 0 Å². The number of nitriles is 1. The quantitative estimate of drug-likeness (QED) is 0.373. The Kier molecular flexibility index (Phi) is 9.56. The van der Waals surface area contributed by atoms with Crippen molar-refractivity contribution in [1.29, 1.82) is 5.26 Å². The summed E-state index contributed by atoms with van der Waals surface area (Å²) < 4.78 is 15.3. The van der Waals surface area contributed by atoms with Gasteiger partial charge in [-0.3, -0.25) is 19.8 Å². The number of esters is 2. The third-order valence-electron chi connectivity index (χ3n) is 3.45. The molecule has 1 atom stereocenters. The van der Waals surface area contributed by atoms with Crippen LogP contribution in [0.15, 0.2) is 18.2 Å². The van der Waals surface area contributed by atoms with Crippen molar-refractivity contribution >= 4 is 35.3 Å². The van der Waals surface area contributed by atoms with Gasteiger partial charge in [-0.25, -0.2) is 4.79 Å². The number of carbonyl (C=O) groups is 3. The van der Waals surface area contributed by atoms with Gasteiger partial charge in [0, 0.05) is 12.6 Å². The summed E-state index contributed by atoms with van der Waals surface area (Å²) in [6.07, 6.45) is -0.700. The van der Waals surface area contributed by atoms with Gasteiger partial charge in [0.25, 0.3) is 0 Å².